The molecule has 5 heteroatoms. The monoisotopic (exact) mass is 378 g/mol. The van der Waals surface area contributed by atoms with Crippen LogP contribution in [0.15, 0.2) is 53.0 Å². The number of anilines is 1. The van der Waals surface area contributed by atoms with E-state index in [1.54, 1.807) is 12.1 Å². The van der Waals surface area contributed by atoms with E-state index >= 15 is 0 Å². The molecule has 1 saturated heterocycles. The molecule has 1 heterocycles. The second-order valence-corrected chi connectivity index (χ2v) is 6.56. The zero-order valence-corrected chi connectivity index (χ0v) is 14.3. The van der Waals surface area contributed by atoms with Crippen LogP contribution < -0.4 is 4.90 Å². The molecule has 3 rings (SSSR count). The maximum absolute atomic E-state index is 12.5. The van der Waals surface area contributed by atoms with Gasteiger partial charge in [0, 0.05) is 36.3 Å². The molecule has 0 N–H and O–H groups in total. The lowest BCUT2D eigenvalue weighted by Gasteiger charge is -2.36. The quantitative estimate of drug-likeness (QED) is 0.785. The Hall–Kier alpha value is -1.52. The Bertz CT molecular complexity index is 684. The van der Waals surface area contributed by atoms with Gasteiger partial charge in [0.25, 0.3) is 5.91 Å². The minimum absolute atomic E-state index is 0.0134. The smallest absolute Gasteiger partial charge is 0.255 e. The van der Waals surface area contributed by atoms with E-state index in [9.17, 15) is 4.79 Å². The van der Waals surface area contributed by atoms with Crippen molar-refractivity contribution in [2.24, 2.45) is 0 Å². The summed E-state index contributed by atoms with van der Waals surface area (Å²) >= 11 is 9.61. The highest BCUT2D eigenvalue weighted by molar-refractivity contribution is 9.10. The van der Waals surface area contributed by atoms with Gasteiger partial charge in [-0.15, -0.1) is 0 Å². The number of carbonyl (C=O) groups excluding carboxylic acids is 1. The highest BCUT2D eigenvalue weighted by Gasteiger charge is 2.23. The summed E-state index contributed by atoms with van der Waals surface area (Å²) in [5.74, 6) is 0.0134. The molecular formula is C17H16BrClN2O. The second kappa shape index (κ2) is 6.71. The van der Waals surface area contributed by atoms with E-state index in [2.05, 4.69) is 33.0 Å². The van der Waals surface area contributed by atoms with Crippen LogP contribution in [0.3, 0.4) is 0 Å². The maximum Gasteiger partial charge on any atom is 0.255 e. The van der Waals surface area contributed by atoms with Crippen LogP contribution >= 0.6 is 27.5 Å². The molecule has 114 valence electrons. The predicted octanol–water partition coefficient (Wildman–Crippen LogP) is 4.06. The standard InChI is InChI=1S/C17H16BrClN2O/c18-13-4-3-5-14(12-13)20-8-10-21(11-9-20)17(22)15-6-1-2-7-16(15)19/h1-7,12H,8-11H2. The van der Waals surface area contributed by atoms with Crippen molar-refractivity contribution in [3.63, 3.8) is 0 Å². The van der Waals surface area contributed by atoms with Gasteiger partial charge in [-0.2, -0.15) is 0 Å². The first-order valence-corrected chi connectivity index (χ1v) is 8.36. The van der Waals surface area contributed by atoms with E-state index in [1.165, 1.54) is 5.69 Å². The summed E-state index contributed by atoms with van der Waals surface area (Å²) < 4.78 is 1.07. The van der Waals surface area contributed by atoms with Crippen molar-refractivity contribution in [1.82, 2.24) is 4.90 Å². The molecule has 1 fully saturated rings. The molecule has 0 atom stereocenters. The Morgan fingerprint density at radius 3 is 2.41 bits per heavy atom. The Balaban J connectivity index is 1.67. The minimum atomic E-state index is 0.0134. The lowest BCUT2D eigenvalue weighted by atomic mass is 10.1. The predicted molar refractivity (Wildman–Crippen MR) is 93.7 cm³/mol. The summed E-state index contributed by atoms with van der Waals surface area (Å²) in [5, 5.41) is 0.516. The number of rotatable bonds is 2. The van der Waals surface area contributed by atoms with Crippen LogP contribution in [0.25, 0.3) is 0 Å². The van der Waals surface area contributed by atoms with Crippen molar-refractivity contribution in [2.75, 3.05) is 31.1 Å². The zero-order chi connectivity index (χ0) is 15.5. The highest BCUT2D eigenvalue weighted by Crippen LogP contribution is 2.22. The lowest BCUT2D eigenvalue weighted by Crippen LogP contribution is -2.48. The fraction of sp³-hybridized carbons (Fsp3) is 0.235. The summed E-state index contributed by atoms with van der Waals surface area (Å²) in [6, 6.07) is 15.5. The van der Waals surface area contributed by atoms with Gasteiger partial charge in [0.2, 0.25) is 0 Å². The van der Waals surface area contributed by atoms with Crippen molar-refractivity contribution in [3.8, 4) is 0 Å². The summed E-state index contributed by atoms with van der Waals surface area (Å²) in [6.45, 7) is 3.06. The van der Waals surface area contributed by atoms with Crippen molar-refractivity contribution < 1.29 is 4.79 Å². The van der Waals surface area contributed by atoms with Gasteiger partial charge in [-0.3, -0.25) is 4.79 Å². The third kappa shape index (κ3) is 3.28. The average Bonchev–Trinajstić information content (AvgIpc) is 2.55. The minimum Gasteiger partial charge on any atom is -0.368 e. The average molecular weight is 380 g/mol. The Labute approximate surface area is 143 Å². The molecule has 0 unspecified atom stereocenters. The fourth-order valence-electron chi connectivity index (χ4n) is 2.65. The molecule has 2 aromatic rings. The van der Waals surface area contributed by atoms with Crippen LogP contribution in [0.1, 0.15) is 10.4 Å². The molecule has 0 bridgehead atoms. The number of piperazine rings is 1. The number of hydrogen-bond donors (Lipinski definition) is 0. The van der Waals surface area contributed by atoms with Crippen LogP contribution in [-0.2, 0) is 0 Å². The number of hydrogen-bond acceptors (Lipinski definition) is 2. The fourth-order valence-corrected chi connectivity index (χ4v) is 3.25. The third-order valence-corrected chi connectivity index (χ3v) is 4.67. The van der Waals surface area contributed by atoms with Crippen LogP contribution in [0.4, 0.5) is 5.69 Å². The van der Waals surface area contributed by atoms with Crippen molar-refractivity contribution >= 4 is 39.1 Å². The zero-order valence-electron chi connectivity index (χ0n) is 12.0. The third-order valence-electron chi connectivity index (χ3n) is 3.84. The van der Waals surface area contributed by atoms with Gasteiger partial charge >= 0.3 is 0 Å². The number of benzene rings is 2. The first-order chi connectivity index (χ1) is 10.6. The van der Waals surface area contributed by atoms with Crippen molar-refractivity contribution in [3.05, 3.63) is 63.6 Å². The SMILES string of the molecule is O=C(c1ccccc1Cl)N1CCN(c2cccc(Br)c2)CC1. The normalized spacial score (nSPS) is 15.0. The summed E-state index contributed by atoms with van der Waals surface area (Å²) in [5.41, 5.74) is 1.76. The summed E-state index contributed by atoms with van der Waals surface area (Å²) in [4.78, 5) is 16.7. The summed E-state index contributed by atoms with van der Waals surface area (Å²) in [6.07, 6.45) is 0. The molecular weight excluding hydrogens is 364 g/mol. The molecule has 1 amide bonds. The van der Waals surface area contributed by atoms with Gasteiger partial charge in [0.15, 0.2) is 0 Å². The van der Waals surface area contributed by atoms with Gasteiger partial charge in [-0.25, -0.2) is 0 Å². The van der Waals surface area contributed by atoms with E-state index in [-0.39, 0.29) is 5.91 Å². The van der Waals surface area contributed by atoms with Gasteiger partial charge < -0.3 is 9.80 Å². The van der Waals surface area contributed by atoms with Crippen LogP contribution in [-0.4, -0.2) is 37.0 Å². The first-order valence-electron chi connectivity index (χ1n) is 7.19. The summed E-state index contributed by atoms with van der Waals surface area (Å²) in [7, 11) is 0. The van der Waals surface area contributed by atoms with Gasteiger partial charge in [0.05, 0.1) is 10.6 Å². The van der Waals surface area contributed by atoms with Crippen molar-refractivity contribution in [1.29, 1.82) is 0 Å². The van der Waals surface area contributed by atoms with Gasteiger partial charge in [-0.1, -0.05) is 45.7 Å². The molecule has 1 aliphatic heterocycles. The van der Waals surface area contributed by atoms with Crippen LogP contribution in [0.2, 0.25) is 5.02 Å². The van der Waals surface area contributed by atoms with Crippen LogP contribution in [0, 0.1) is 0 Å². The first kappa shape index (κ1) is 15.4. The van der Waals surface area contributed by atoms with E-state index in [0.29, 0.717) is 23.7 Å². The molecule has 0 radical (unpaired) electrons. The molecule has 0 aromatic heterocycles. The molecule has 2 aromatic carbocycles. The molecule has 0 aliphatic carbocycles. The number of nitrogens with zero attached hydrogens (tertiary/aromatic N) is 2. The van der Waals surface area contributed by atoms with Gasteiger partial charge in [0.1, 0.15) is 0 Å². The Kier molecular flexibility index (Phi) is 4.69. The van der Waals surface area contributed by atoms with Crippen LogP contribution in [0.5, 0.6) is 0 Å². The van der Waals surface area contributed by atoms with E-state index < -0.39 is 0 Å². The second-order valence-electron chi connectivity index (χ2n) is 5.24. The Morgan fingerprint density at radius 2 is 1.73 bits per heavy atom. The topological polar surface area (TPSA) is 23.6 Å². The maximum atomic E-state index is 12.5. The number of halogens is 2. The molecule has 0 spiro atoms. The molecule has 22 heavy (non-hydrogen) atoms. The van der Waals surface area contributed by atoms with E-state index in [4.69, 9.17) is 11.6 Å². The number of carbonyl (C=O) groups is 1. The van der Waals surface area contributed by atoms with Gasteiger partial charge in [-0.05, 0) is 30.3 Å². The molecule has 0 saturated carbocycles. The molecule has 3 nitrogen and oxygen atoms in total. The molecule has 1 aliphatic rings. The highest BCUT2D eigenvalue weighted by atomic mass is 79.9. The lowest BCUT2D eigenvalue weighted by molar-refractivity contribution is 0.0747. The van der Waals surface area contributed by atoms with Crippen molar-refractivity contribution in [2.45, 2.75) is 0 Å². The number of amides is 1. The Morgan fingerprint density at radius 1 is 1.00 bits per heavy atom. The van der Waals surface area contributed by atoms with E-state index in [0.717, 1.165) is 17.6 Å². The van der Waals surface area contributed by atoms with E-state index in [1.807, 2.05) is 29.2 Å². The largest absolute Gasteiger partial charge is 0.368 e.